The molecule has 0 fully saturated rings. The second-order valence-electron chi connectivity index (χ2n) is 5.45. The molecule has 0 unspecified atom stereocenters. The third kappa shape index (κ3) is 5.34. The molecule has 0 aliphatic rings. The molecule has 8 nitrogen and oxygen atoms in total. The molecule has 0 aliphatic heterocycles. The van der Waals surface area contributed by atoms with E-state index in [0.717, 1.165) is 11.3 Å². The maximum atomic E-state index is 11.9. The standard InChI is InChI=1S/C18H19N3O5/c1-12-16(13(2)26-21-12)10-24-15-6-4-14(5-7-15)18(23)25-11-17(22)20-9-3-8-19/h4-7H,3,9-11H2,1-2H3,(H,20,22). The van der Waals surface area contributed by atoms with E-state index in [1.54, 1.807) is 24.3 Å². The Morgan fingerprint density at radius 1 is 1.27 bits per heavy atom. The van der Waals surface area contributed by atoms with Crippen molar-refractivity contribution >= 4 is 11.9 Å². The molecular weight excluding hydrogens is 338 g/mol. The second kappa shape index (κ2) is 9.22. The molecule has 2 aromatic rings. The first-order valence-corrected chi connectivity index (χ1v) is 7.96. The number of benzene rings is 1. The number of hydrogen-bond donors (Lipinski definition) is 1. The van der Waals surface area contributed by atoms with Crippen LogP contribution >= 0.6 is 0 Å². The molecule has 1 amide bonds. The number of carbonyl (C=O) groups is 2. The molecule has 0 aliphatic carbocycles. The fraction of sp³-hybridized carbons (Fsp3) is 0.333. The van der Waals surface area contributed by atoms with E-state index in [1.807, 2.05) is 19.9 Å². The van der Waals surface area contributed by atoms with Crippen LogP contribution in [0.5, 0.6) is 5.75 Å². The first kappa shape index (κ1) is 19.0. The third-order valence-corrected chi connectivity index (χ3v) is 3.55. The van der Waals surface area contributed by atoms with Gasteiger partial charge in [0.2, 0.25) is 0 Å². The zero-order valence-electron chi connectivity index (χ0n) is 14.6. The topological polar surface area (TPSA) is 114 Å². The Kier molecular flexibility index (Phi) is 6.74. The SMILES string of the molecule is Cc1noc(C)c1COc1ccc(C(=O)OCC(=O)NCCC#N)cc1. The van der Waals surface area contributed by atoms with E-state index in [2.05, 4.69) is 10.5 Å². The molecular formula is C18H19N3O5. The van der Waals surface area contributed by atoms with Crippen LogP contribution in [0.15, 0.2) is 28.8 Å². The molecule has 0 saturated heterocycles. The molecule has 1 heterocycles. The van der Waals surface area contributed by atoms with Gasteiger partial charge in [0.1, 0.15) is 18.1 Å². The minimum absolute atomic E-state index is 0.203. The normalized spacial score (nSPS) is 10.0. The number of esters is 1. The fourth-order valence-electron chi connectivity index (χ4n) is 2.07. The number of ether oxygens (including phenoxy) is 2. The summed E-state index contributed by atoms with van der Waals surface area (Å²) in [6.45, 7) is 3.80. The van der Waals surface area contributed by atoms with Crippen molar-refractivity contribution in [3.63, 3.8) is 0 Å². The quantitative estimate of drug-likeness (QED) is 0.568. The van der Waals surface area contributed by atoms with Crippen LogP contribution in [0.4, 0.5) is 0 Å². The van der Waals surface area contributed by atoms with E-state index >= 15 is 0 Å². The molecule has 0 radical (unpaired) electrons. The van der Waals surface area contributed by atoms with Crippen LogP contribution in [-0.4, -0.2) is 30.2 Å². The van der Waals surface area contributed by atoms with Gasteiger partial charge in [-0.3, -0.25) is 4.79 Å². The lowest BCUT2D eigenvalue weighted by Crippen LogP contribution is -2.29. The smallest absolute Gasteiger partial charge is 0.338 e. The van der Waals surface area contributed by atoms with Crippen LogP contribution in [0, 0.1) is 25.2 Å². The molecule has 2 rings (SSSR count). The van der Waals surface area contributed by atoms with Gasteiger partial charge in [-0.1, -0.05) is 5.16 Å². The summed E-state index contributed by atoms with van der Waals surface area (Å²) in [5, 5.41) is 14.7. The van der Waals surface area contributed by atoms with Gasteiger partial charge in [0, 0.05) is 6.54 Å². The first-order chi connectivity index (χ1) is 12.5. The number of aromatic nitrogens is 1. The summed E-state index contributed by atoms with van der Waals surface area (Å²) in [7, 11) is 0. The number of nitrogens with zero attached hydrogens (tertiary/aromatic N) is 2. The van der Waals surface area contributed by atoms with Crippen molar-refractivity contribution in [2.75, 3.05) is 13.2 Å². The van der Waals surface area contributed by atoms with Crippen molar-refractivity contribution in [1.82, 2.24) is 10.5 Å². The molecule has 0 atom stereocenters. The minimum atomic E-state index is -0.613. The molecule has 0 bridgehead atoms. The molecule has 136 valence electrons. The monoisotopic (exact) mass is 357 g/mol. The summed E-state index contributed by atoms with van der Waals surface area (Å²) >= 11 is 0. The van der Waals surface area contributed by atoms with Crippen LogP contribution < -0.4 is 10.1 Å². The van der Waals surface area contributed by atoms with Crippen LogP contribution in [0.1, 0.15) is 33.8 Å². The summed E-state index contributed by atoms with van der Waals surface area (Å²) in [4.78, 5) is 23.3. The van der Waals surface area contributed by atoms with Gasteiger partial charge < -0.3 is 19.3 Å². The number of hydrogen-bond acceptors (Lipinski definition) is 7. The highest BCUT2D eigenvalue weighted by atomic mass is 16.5. The van der Waals surface area contributed by atoms with Crippen molar-refractivity contribution in [3.8, 4) is 11.8 Å². The van der Waals surface area contributed by atoms with Crippen molar-refractivity contribution in [1.29, 1.82) is 5.26 Å². The average molecular weight is 357 g/mol. The predicted molar refractivity (Wildman–Crippen MR) is 90.3 cm³/mol. The van der Waals surface area contributed by atoms with Gasteiger partial charge in [0.15, 0.2) is 6.61 Å². The van der Waals surface area contributed by atoms with Gasteiger partial charge in [-0.2, -0.15) is 5.26 Å². The van der Waals surface area contributed by atoms with E-state index in [0.29, 0.717) is 23.7 Å². The molecule has 1 aromatic heterocycles. The lowest BCUT2D eigenvalue weighted by Gasteiger charge is -2.08. The summed E-state index contributed by atoms with van der Waals surface area (Å²) in [6.07, 6.45) is 0.203. The van der Waals surface area contributed by atoms with Gasteiger partial charge in [-0.25, -0.2) is 4.79 Å². The van der Waals surface area contributed by atoms with Gasteiger partial charge >= 0.3 is 5.97 Å². The van der Waals surface area contributed by atoms with E-state index in [4.69, 9.17) is 19.3 Å². The van der Waals surface area contributed by atoms with Crippen LogP contribution in [0.3, 0.4) is 0 Å². The third-order valence-electron chi connectivity index (χ3n) is 3.55. The van der Waals surface area contributed by atoms with Crippen LogP contribution in [0.2, 0.25) is 0 Å². The maximum Gasteiger partial charge on any atom is 0.338 e. The van der Waals surface area contributed by atoms with E-state index in [9.17, 15) is 9.59 Å². The van der Waals surface area contributed by atoms with Gasteiger partial charge in [-0.05, 0) is 38.1 Å². The lowest BCUT2D eigenvalue weighted by atomic mass is 10.2. The Labute approximate surface area is 150 Å². The number of rotatable bonds is 8. The number of aryl methyl sites for hydroxylation is 2. The zero-order valence-corrected chi connectivity index (χ0v) is 14.6. The average Bonchev–Trinajstić information content (AvgIpc) is 2.96. The Hall–Kier alpha value is -3.34. The summed E-state index contributed by atoms with van der Waals surface area (Å²) in [5.41, 5.74) is 1.96. The zero-order chi connectivity index (χ0) is 18.9. The van der Waals surface area contributed by atoms with E-state index < -0.39 is 18.5 Å². The first-order valence-electron chi connectivity index (χ1n) is 7.96. The van der Waals surface area contributed by atoms with Gasteiger partial charge in [0.05, 0.1) is 29.3 Å². The van der Waals surface area contributed by atoms with Crippen LogP contribution in [0.25, 0.3) is 0 Å². The number of nitriles is 1. The predicted octanol–water partition coefficient (Wildman–Crippen LogP) is 2.06. The van der Waals surface area contributed by atoms with Gasteiger partial charge in [-0.15, -0.1) is 0 Å². The highest BCUT2D eigenvalue weighted by Crippen LogP contribution is 2.18. The Morgan fingerprint density at radius 3 is 2.62 bits per heavy atom. The van der Waals surface area contributed by atoms with Crippen molar-refractivity contribution in [2.24, 2.45) is 0 Å². The van der Waals surface area contributed by atoms with Crippen molar-refractivity contribution in [3.05, 3.63) is 46.8 Å². The summed E-state index contributed by atoms with van der Waals surface area (Å²) < 4.78 is 15.6. The number of amides is 1. The molecule has 1 N–H and O–H groups in total. The molecule has 8 heteroatoms. The summed E-state index contributed by atoms with van der Waals surface area (Å²) in [6, 6.07) is 8.29. The van der Waals surface area contributed by atoms with E-state index in [1.165, 1.54) is 0 Å². The van der Waals surface area contributed by atoms with Crippen molar-refractivity contribution in [2.45, 2.75) is 26.9 Å². The highest BCUT2D eigenvalue weighted by Gasteiger charge is 2.12. The summed E-state index contributed by atoms with van der Waals surface area (Å²) in [5.74, 6) is 0.220. The Morgan fingerprint density at radius 2 is 2.00 bits per heavy atom. The maximum absolute atomic E-state index is 11.9. The second-order valence-corrected chi connectivity index (χ2v) is 5.45. The van der Waals surface area contributed by atoms with Gasteiger partial charge in [0.25, 0.3) is 5.91 Å². The lowest BCUT2D eigenvalue weighted by molar-refractivity contribution is -0.124. The largest absolute Gasteiger partial charge is 0.489 e. The van der Waals surface area contributed by atoms with Crippen LogP contribution in [-0.2, 0) is 16.1 Å². The Bertz CT molecular complexity index is 786. The molecule has 0 spiro atoms. The molecule has 26 heavy (non-hydrogen) atoms. The Balaban J connectivity index is 1.82. The van der Waals surface area contributed by atoms with E-state index in [-0.39, 0.29) is 13.0 Å². The molecule has 1 aromatic carbocycles. The highest BCUT2D eigenvalue weighted by molar-refractivity contribution is 5.91. The number of nitrogens with one attached hydrogen (secondary N) is 1. The van der Waals surface area contributed by atoms with Crippen molar-refractivity contribution < 1.29 is 23.6 Å². The molecule has 0 saturated carbocycles. The fourth-order valence-corrected chi connectivity index (χ4v) is 2.07. The number of carbonyl (C=O) groups excluding carboxylic acids is 2. The minimum Gasteiger partial charge on any atom is -0.489 e.